The van der Waals surface area contributed by atoms with Crippen LogP contribution in [0.3, 0.4) is 0 Å². The lowest BCUT2D eigenvalue weighted by Crippen LogP contribution is -2.07. The monoisotopic (exact) mass is 303 g/mol. The summed E-state index contributed by atoms with van der Waals surface area (Å²) in [6, 6.07) is 5.64. The van der Waals surface area contributed by atoms with Crippen LogP contribution in [0.2, 0.25) is 0 Å². The topological polar surface area (TPSA) is 103 Å². The van der Waals surface area contributed by atoms with Crippen molar-refractivity contribution in [2.45, 2.75) is 12.8 Å². The first-order valence-corrected chi connectivity index (χ1v) is 7.32. The Balaban J connectivity index is 2.07. The Labute approximate surface area is 129 Å². The summed E-state index contributed by atoms with van der Waals surface area (Å²) in [6.45, 7) is 1.59. The van der Waals surface area contributed by atoms with E-state index < -0.39 is 0 Å². The van der Waals surface area contributed by atoms with Crippen LogP contribution in [0, 0.1) is 0 Å². The Morgan fingerprint density at radius 2 is 1.64 bits per heavy atom. The summed E-state index contributed by atoms with van der Waals surface area (Å²) >= 11 is 0. The first kappa shape index (κ1) is 16.1. The van der Waals surface area contributed by atoms with Gasteiger partial charge < -0.3 is 20.8 Å². The zero-order valence-corrected chi connectivity index (χ0v) is 12.4. The molecule has 0 atom stereocenters. The minimum atomic E-state index is 0.139. The largest absolute Gasteiger partial charge is 0.396 e. The molecular formula is C15H21N5O2. The van der Waals surface area contributed by atoms with Gasteiger partial charge in [0.1, 0.15) is 5.82 Å². The van der Waals surface area contributed by atoms with Crippen molar-refractivity contribution in [2.75, 3.05) is 36.9 Å². The van der Waals surface area contributed by atoms with Crippen LogP contribution in [0.4, 0.5) is 11.8 Å². The van der Waals surface area contributed by atoms with Crippen molar-refractivity contribution in [3.05, 3.63) is 30.6 Å². The molecule has 2 aromatic rings. The normalized spacial score (nSPS) is 10.5. The number of aromatic nitrogens is 3. The number of aliphatic hydroxyl groups excluding tert-OH is 2. The second-order valence-electron chi connectivity index (χ2n) is 4.70. The number of anilines is 2. The maximum Gasteiger partial charge on any atom is 0.223 e. The van der Waals surface area contributed by atoms with Crippen LogP contribution in [-0.4, -0.2) is 51.5 Å². The zero-order valence-electron chi connectivity index (χ0n) is 12.4. The summed E-state index contributed by atoms with van der Waals surface area (Å²) in [5.74, 6) is 1.29. The van der Waals surface area contributed by atoms with Crippen molar-refractivity contribution >= 4 is 11.8 Å². The van der Waals surface area contributed by atoms with Crippen molar-refractivity contribution < 1.29 is 10.2 Å². The fourth-order valence-corrected chi connectivity index (χ4v) is 1.87. The van der Waals surface area contributed by atoms with E-state index in [1.165, 1.54) is 0 Å². The maximum absolute atomic E-state index is 8.80. The van der Waals surface area contributed by atoms with Crippen molar-refractivity contribution in [2.24, 2.45) is 0 Å². The summed E-state index contributed by atoms with van der Waals surface area (Å²) < 4.78 is 0. The van der Waals surface area contributed by atoms with Gasteiger partial charge in [-0.3, -0.25) is 0 Å². The first-order valence-electron chi connectivity index (χ1n) is 7.32. The van der Waals surface area contributed by atoms with Gasteiger partial charge in [0.15, 0.2) is 0 Å². The van der Waals surface area contributed by atoms with Crippen LogP contribution in [-0.2, 0) is 0 Å². The molecule has 7 heteroatoms. The predicted octanol–water partition coefficient (Wildman–Crippen LogP) is 1.13. The van der Waals surface area contributed by atoms with Crippen molar-refractivity contribution in [1.29, 1.82) is 0 Å². The summed E-state index contributed by atoms with van der Waals surface area (Å²) in [4.78, 5) is 12.9. The smallest absolute Gasteiger partial charge is 0.223 e. The number of aliphatic hydroxyl groups is 2. The Bertz CT molecular complexity index is 528. The Hall–Kier alpha value is -2.25. The van der Waals surface area contributed by atoms with Crippen molar-refractivity contribution in [3.63, 3.8) is 0 Å². The second-order valence-corrected chi connectivity index (χ2v) is 4.70. The Morgan fingerprint density at radius 3 is 2.41 bits per heavy atom. The molecule has 0 saturated heterocycles. The summed E-state index contributed by atoms with van der Waals surface area (Å²) in [6.07, 6.45) is 4.75. The number of nitrogens with zero attached hydrogens (tertiary/aromatic N) is 3. The van der Waals surface area contributed by atoms with Crippen LogP contribution in [0.15, 0.2) is 30.6 Å². The average molecular weight is 303 g/mol. The van der Waals surface area contributed by atoms with Gasteiger partial charge in [0.05, 0.1) is 5.69 Å². The molecule has 2 aromatic heterocycles. The van der Waals surface area contributed by atoms with Gasteiger partial charge in [0, 0.05) is 44.3 Å². The molecule has 0 bridgehead atoms. The average Bonchev–Trinajstić information content (AvgIpc) is 2.56. The summed E-state index contributed by atoms with van der Waals surface area (Å²) in [7, 11) is 0. The molecule has 0 aromatic carbocycles. The number of rotatable bonds is 9. The van der Waals surface area contributed by atoms with E-state index >= 15 is 0 Å². The lowest BCUT2D eigenvalue weighted by Gasteiger charge is -2.08. The fourth-order valence-electron chi connectivity index (χ4n) is 1.87. The van der Waals surface area contributed by atoms with Gasteiger partial charge in [-0.25, -0.2) is 15.0 Å². The Kier molecular flexibility index (Phi) is 6.53. The molecule has 22 heavy (non-hydrogen) atoms. The molecule has 0 aliphatic carbocycles. The highest BCUT2D eigenvalue weighted by Crippen LogP contribution is 2.19. The lowest BCUT2D eigenvalue weighted by molar-refractivity contribution is 0.292. The molecule has 2 rings (SSSR count). The number of pyridine rings is 1. The van der Waals surface area contributed by atoms with E-state index in [1.54, 1.807) is 12.4 Å². The van der Waals surface area contributed by atoms with E-state index in [-0.39, 0.29) is 13.2 Å². The molecule has 0 radical (unpaired) electrons. The highest BCUT2D eigenvalue weighted by Gasteiger charge is 2.04. The standard InChI is InChI=1S/C15H21N5O2/c21-9-1-5-16-14-11-12(3-7-17-14)13-4-8-19-15(20-13)18-6-2-10-22/h3-4,7-8,11,21-22H,1-2,5-6,9-10H2,(H,16,17)(H,18,19,20). The number of nitrogens with one attached hydrogen (secondary N) is 2. The van der Waals surface area contributed by atoms with E-state index in [2.05, 4.69) is 25.6 Å². The highest BCUT2D eigenvalue weighted by molar-refractivity contribution is 5.63. The summed E-state index contributed by atoms with van der Waals surface area (Å²) in [5, 5.41) is 23.8. The van der Waals surface area contributed by atoms with Gasteiger partial charge in [-0.1, -0.05) is 0 Å². The van der Waals surface area contributed by atoms with Crippen LogP contribution in [0.5, 0.6) is 0 Å². The molecule has 0 amide bonds. The predicted molar refractivity (Wildman–Crippen MR) is 85.6 cm³/mol. The van der Waals surface area contributed by atoms with Gasteiger partial charge >= 0.3 is 0 Å². The third-order valence-electron chi connectivity index (χ3n) is 2.97. The van der Waals surface area contributed by atoms with Crippen LogP contribution >= 0.6 is 0 Å². The van der Waals surface area contributed by atoms with Gasteiger partial charge in [-0.05, 0) is 31.0 Å². The van der Waals surface area contributed by atoms with Crippen LogP contribution in [0.25, 0.3) is 11.3 Å². The van der Waals surface area contributed by atoms with E-state index in [4.69, 9.17) is 10.2 Å². The van der Waals surface area contributed by atoms with E-state index in [1.807, 2.05) is 18.2 Å². The van der Waals surface area contributed by atoms with E-state index in [0.29, 0.717) is 31.9 Å². The van der Waals surface area contributed by atoms with E-state index in [9.17, 15) is 0 Å². The molecule has 2 heterocycles. The fraction of sp³-hybridized carbons (Fsp3) is 0.400. The maximum atomic E-state index is 8.80. The minimum Gasteiger partial charge on any atom is -0.396 e. The molecule has 4 N–H and O–H groups in total. The SMILES string of the molecule is OCCCNc1cc(-c2ccnc(NCCCO)n2)ccn1. The molecule has 0 fully saturated rings. The van der Waals surface area contributed by atoms with Crippen molar-refractivity contribution in [3.8, 4) is 11.3 Å². The molecule has 0 aliphatic heterocycles. The van der Waals surface area contributed by atoms with Crippen molar-refractivity contribution in [1.82, 2.24) is 15.0 Å². The van der Waals surface area contributed by atoms with Crippen LogP contribution in [0.1, 0.15) is 12.8 Å². The molecule has 0 aliphatic rings. The van der Waals surface area contributed by atoms with Crippen LogP contribution < -0.4 is 10.6 Å². The lowest BCUT2D eigenvalue weighted by atomic mass is 10.2. The molecule has 118 valence electrons. The third kappa shape index (κ3) is 4.94. The minimum absolute atomic E-state index is 0.139. The van der Waals surface area contributed by atoms with Gasteiger partial charge in [-0.2, -0.15) is 0 Å². The van der Waals surface area contributed by atoms with Gasteiger partial charge in [0.25, 0.3) is 0 Å². The summed E-state index contributed by atoms with van der Waals surface area (Å²) in [5.41, 5.74) is 1.74. The molecular weight excluding hydrogens is 282 g/mol. The van der Waals surface area contributed by atoms with Gasteiger partial charge in [0.2, 0.25) is 5.95 Å². The second kappa shape index (κ2) is 8.91. The zero-order chi connectivity index (χ0) is 15.6. The number of hydrogen-bond donors (Lipinski definition) is 4. The molecule has 0 unspecified atom stereocenters. The number of hydrogen-bond acceptors (Lipinski definition) is 7. The van der Waals surface area contributed by atoms with E-state index in [0.717, 1.165) is 17.1 Å². The van der Waals surface area contributed by atoms with Gasteiger partial charge in [-0.15, -0.1) is 0 Å². The molecule has 7 nitrogen and oxygen atoms in total. The first-order chi connectivity index (χ1) is 10.8. The molecule has 0 saturated carbocycles. The highest BCUT2D eigenvalue weighted by atomic mass is 16.3. The third-order valence-corrected chi connectivity index (χ3v) is 2.97. The molecule has 0 spiro atoms. The Morgan fingerprint density at radius 1 is 0.909 bits per heavy atom. The quantitative estimate of drug-likeness (QED) is 0.515.